The average Bonchev–Trinajstić information content (AvgIpc) is 2.84. The molecule has 2 aliphatic heterocycles. The first-order chi connectivity index (χ1) is 16.2. The number of hydrogen-bond donors (Lipinski definition) is 2. The molecular weight excluding hydrogens is 445 g/mol. The lowest BCUT2D eigenvalue weighted by molar-refractivity contribution is -0.137. The molecule has 2 unspecified atom stereocenters. The van der Waals surface area contributed by atoms with Crippen LogP contribution >= 0.6 is 0 Å². The number of piperidine rings is 2. The highest BCUT2D eigenvalue weighted by Crippen LogP contribution is 2.33. The van der Waals surface area contributed by atoms with Crippen LogP contribution in [0, 0.1) is 0 Å². The van der Waals surface area contributed by atoms with Crippen LogP contribution in [0.5, 0.6) is 0 Å². The monoisotopic (exact) mass is 474 g/mol. The Morgan fingerprint density at radius 1 is 0.971 bits per heavy atom. The summed E-state index contributed by atoms with van der Waals surface area (Å²) in [7, 11) is 0. The molecular formula is C25H29F3N4O2. The maximum atomic E-state index is 13.3. The Morgan fingerprint density at radius 3 is 2.24 bits per heavy atom. The first-order valence-electron chi connectivity index (χ1n) is 11.5. The fourth-order valence-corrected chi connectivity index (χ4v) is 4.65. The standard InChI is InChI=1S/C25H29F3N4O2/c26-25(27,28)20-8-6-17(7-9-20)19-14-21(30-23(29)18-4-2-1-3-5-18)16-32(15-19)24(34)31-12-10-22(33)11-13-31/h1-9,19,21-22,33H,10-16H2,(H2,29,30). The number of urea groups is 1. The molecule has 2 atom stereocenters. The molecule has 0 aromatic heterocycles. The topological polar surface area (TPSA) is 82.2 Å². The van der Waals surface area contributed by atoms with E-state index in [1.807, 2.05) is 30.3 Å². The van der Waals surface area contributed by atoms with Crippen molar-refractivity contribution in [3.8, 4) is 0 Å². The van der Waals surface area contributed by atoms with E-state index in [1.165, 1.54) is 12.1 Å². The summed E-state index contributed by atoms with van der Waals surface area (Å²) in [5.74, 6) is 0.194. The van der Waals surface area contributed by atoms with Crippen molar-refractivity contribution in [3.63, 3.8) is 0 Å². The number of carbonyl (C=O) groups excluding carboxylic acids is 1. The Balaban J connectivity index is 1.57. The van der Waals surface area contributed by atoms with E-state index in [-0.39, 0.29) is 18.0 Å². The van der Waals surface area contributed by atoms with Gasteiger partial charge in [0.05, 0.1) is 17.7 Å². The molecule has 6 nitrogen and oxygen atoms in total. The fourth-order valence-electron chi connectivity index (χ4n) is 4.65. The molecule has 2 amide bonds. The number of carbonyl (C=O) groups is 1. The van der Waals surface area contributed by atoms with E-state index >= 15 is 0 Å². The molecule has 2 fully saturated rings. The number of alkyl halides is 3. The Kier molecular flexibility index (Phi) is 7.11. The quantitative estimate of drug-likeness (QED) is 0.524. The van der Waals surface area contributed by atoms with Gasteiger partial charge >= 0.3 is 12.2 Å². The predicted octanol–water partition coefficient (Wildman–Crippen LogP) is 3.85. The summed E-state index contributed by atoms with van der Waals surface area (Å²) >= 11 is 0. The summed E-state index contributed by atoms with van der Waals surface area (Å²) in [4.78, 5) is 21.4. The molecule has 3 N–H and O–H groups in total. The molecule has 9 heteroatoms. The van der Waals surface area contributed by atoms with E-state index < -0.39 is 17.8 Å². The Morgan fingerprint density at radius 2 is 1.62 bits per heavy atom. The normalized spacial score (nSPS) is 22.6. The number of nitrogens with zero attached hydrogens (tertiary/aromatic N) is 3. The van der Waals surface area contributed by atoms with Gasteiger partial charge in [0, 0.05) is 37.7 Å². The molecule has 2 aromatic rings. The summed E-state index contributed by atoms with van der Waals surface area (Å²) in [5, 5.41) is 9.78. The fraction of sp³-hybridized carbons (Fsp3) is 0.440. The zero-order valence-corrected chi connectivity index (χ0v) is 18.8. The van der Waals surface area contributed by atoms with Gasteiger partial charge < -0.3 is 20.6 Å². The molecule has 4 rings (SSSR count). The zero-order chi connectivity index (χ0) is 24.3. The second kappa shape index (κ2) is 10.0. The van der Waals surface area contributed by atoms with Gasteiger partial charge in [0.2, 0.25) is 0 Å². The number of aliphatic hydroxyl groups excluding tert-OH is 1. The van der Waals surface area contributed by atoms with Crippen molar-refractivity contribution in [2.45, 2.75) is 43.5 Å². The van der Waals surface area contributed by atoms with Gasteiger partial charge in [-0.25, -0.2) is 4.79 Å². The van der Waals surface area contributed by atoms with Crippen molar-refractivity contribution < 1.29 is 23.1 Å². The van der Waals surface area contributed by atoms with Gasteiger partial charge in [-0.05, 0) is 37.0 Å². The van der Waals surface area contributed by atoms with E-state index in [9.17, 15) is 23.1 Å². The second-order valence-electron chi connectivity index (χ2n) is 8.99. The number of hydrogen-bond acceptors (Lipinski definition) is 3. The minimum Gasteiger partial charge on any atom is -0.393 e. The van der Waals surface area contributed by atoms with Crippen molar-refractivity contribution in [1.82, 2.24) is 9.80 Å². The molecule has 0 spiro atoms. The van der Waals surface area contributed by atoms with Gasteiger partial charge in [-0.3, -0.25) is 4.99 Å². The van der Waals surface area contributed by atoms with E-state index in [2.05, 4.69) is 0 Å². The number of likely N-dealkylation sites (tertiary alicyclic amines) is 2. The van der Waals surface area contributed by atoms with Crippen LogP contribution in [0.4, 0.5) is 18.0 Å². The Hall–Kier alpha value is -3.07. The van der Waals surface area contributed by atoms with Crippen LogP contribution in [0.2, 0.25) is 0 Å². The van der Waals surface area contributed by atoms with Gasteiger partial charge in [-0.2, -0.15) is 13.2 Å². The number of rotatable bonds is 3. The lowest BCUT2D eigenvalue weighted by Crippen LogP contribution is -2.52. The third-order valence-corrected chi connectivity index (χ3v) is 6.53. The van der Waals surface area contributed by atoms with E-state index in [1.54, 1.807) is 9.80 Å². The second-order valence-corrected chi connectivity index (χ2v) is 8.99. The minimum absolute atomic E-state index is 0.137. The summed E-state index contributed by atoms with van der Waals surface area (Å²) in [5.41, 5.74) is 7.06. The highest BCUT2D eigenvalue weighted by Gasteiger charge is 2.35. The number of amidine groups is 1. The maximum absolute atomic E-state index is 13.3. The van der Waals surface area contributed by atoms with Crippen LogP contribution in [-0.2, 0) is 6.18 Å². The molecule has 2 heterocycles. The Labute approximate surface area is 196 Å². The number of nitrogens with two attached hydrogens (primary N) is 1. The molecule has 0 bridgehead atoms. The van der Waals surface area contributed by atoms with Crippen LogP contribution in [0.15, 0.2) is 59.6 Å². The van der Waals surface area contributed by atoms with Crippen molar-refractivity contribution >= 4 is 11.9 Å². The SMILES string of the molecule is NC(=NC1CC(c2ccc(C(F)(F)F)cc2)CN(C(=O)N2CCC(O)CC2)C1)c1ccccc1. The smallest absolute Gasteiger partial charge is 0.393 e. The van der Waals surface area contributed by atoms with Crippen molar-refractivity contribution in [2.75, 3.05) is 26.2 Å². The number of aliphatic imine (C=N–C) groups is 1. The number of amides is 2. The molecule has 0 radical (unpaired) electrons. The lowest BCUT2D eigenvalue weighted by atomic mass is 9.87. The summed E-state index contributed by atoms with van der Waals surface area (Å²) < 4.78 is 39.1. The summed E-state index contributed by atoms with van der Waals surface area (Å²) in [6.45, 7) is 1.71. The molecule has 2 saturated heterocycles. The molecule has 34 heavy (non-hydrogen) atoms. The highest BCUT2D eigenvalue weighted by atomic mass is 19.4. The number of halogens is 3. The highest BCUT2D eigenvalue weighted by molar-refractivity contribution is 5.97. The van der Waals surface area contributed by atoms with E-state index in [4.69, 9.17) is 10.7 Å². The summed E-state index contributed by atoms with van der Waals surface area (Å²) in [6.07, 6.45) is -3.16. The van der Waals surface area contributed by atoms with Crippen LogP contribution in [0.25, 0.3) is 0 Å². The van der Waals surface area contributed by atoms with Crippen LogP contribution < -0.4 is 5.73 Å². The van der Waals surface area contributed by atoms with Crippen LogP contribution in [-0.4, -0.2) is 65.1 Å². The van der Waals surface area contributed by atoms with Crippen molar-refractivity contribution in [1.29, 1.82) is 0 Å². The van der Waals surface area contributed by atoms with Crippen LogP contribution in [0.3, 0.4) is 0 Å². The minimum atomic E-state index is -4.40. The average molecular weight is 475 g/mol. The van der Waals surface area contributed by atoms with Gasteiger partial charge in [0.15, 0.2) is 0 Å². The first kappa shape index (κ1) is 24.1. The Bertz CT molecular complexity index is 1000. The molecule has 2 aliphatic rings. The van der Waals surface area contributed by atoms with Crippen molar-refractivity contribution in [2.24, 2.45) is 10.7 Å². The predicted molar refractivity (Wildman–Crippen MR) is 124 cm³/mol. The van der Waals surface area contributed by atoms with Gasteiger partial charge in [0.1, 0.15) is 5.84 Å². The number of benzene rings is 2. The molecule has 0 aliphatic carbocycles. The van der Waals surface area contributed by atoms with Crippen LogP contribution in [0.1, 0.15) is 41.9 Å². The van der Waals surface area contributed by atoms with Gasteiger partial charge in [-0.1, -0.05) is 42.5 Å². The maximum Gasteiger partial charge on any atom is 0.416 e. The molecule has 2 aromatic carbocycles. The van der Waals surface area contributed by atoms with E-state index in [0.717, 1.165) is 23.3 Å². The van der Waals surface area contributed by atoms with Gasteiger partial charge in [0.25, 0.3) is 0 Å². The van der Waals surface area contributed by atoms with Gasteiger partial charge in [-0.15, -0.1) is 0 Å². The largest absolute Gasteiger partial charge is 0.416 e. The molecule has 0 saturated carbocycles. The van der Waals surface area contributed by atoms with E-state index in [0.29, 0.717) is 51.3 Å². The third-order valence-electron chi connectivity index (χ3n) is 6.53. The zero-order valence-electron chi connectivity index (χ0n) is 18.8. The lowest BCUT2D eigenvalue weighted by Gasteiger charge is -2.40. The number of aliphatic hydroxyl groups is 1. The molecule has 182 valence electrons. The summed E-state index contributed by atoms with van der Waals surface area (Å²) in [6, 6.07) is 14.0. The first-order valence-corrected chi connectivity index (χ1v) is 11.5. The third kappa shape index (κ3) is 5.70. The van der Waals surface area contributed by atoms with Crippen molar-refractivity contribution in [3.05, 3.63) is 71.3 Å².